The fourth-order valence-electron chi connectivity index (χ4n) is 1.23. The molecule has 1 rings (SSSR count). The molecule has 1 aromatic rings. The van der Waals surface area contributed by atoms with Crippen molar-refractivity contribution in [3.8, 4) is 5.75 Å². The minimum atomic E-state index is -0.832. The molecule has 96 valence electrons. The van der Waals surface area contributed by atoms with E-state index >= 15 is 0 Å². The lowest BCUT2D eigenvalue weighted by Gasteiger charge is -2.15. The van der Waals surface area contributed by atoms with E-state index in [1.165, 1.54) is 0 Å². The van der Waals surface area contributed by atoms with Gasteiger partial charge in [-0.15, -0.1) is 0 Å². The molecule has 0 aromatic carbocycles. The summed E-state index contributed by atoms with van der Waals surface area (Å²) in [5, 5.41) is 3.26. The van der Waals surface area contributed by atoms with Gasteiger partial charge >= 0.3 is 0 Å². The highest BCUT2D eigenvalue weighted by molar-refractivity contribution is 7.84. The molecule has 1 N–H and O–H groups in total. The maximum Gasteiger partial charge on any atom is 0.168 e. The predicted molar refractivity (Wildman–Crippen MR) is 72.0 cm³/mol. The Kier molecular flexibility index (Phi) is 5.41. The number of hydrogen-bond acceptors (Lipinski definition) is 4. The van der Waals surface area contributed by atoms with Gasteiger partial charge in [-0.3, -0.25) is 4.21 Å². The van der Waals surface area contributed by atoms with E-state index in [-0.39, 0.29) is 11.4 Å². The van der Waals surface area contributed by atoms with Crippen molar-refractivity contribution in [3.05, 3.63) is 18.3 Å². The number of anilines is 1. The molecular weight excluding hydrogens is 236 g/mol. The summed E-state index contributed by atoms with van der Waals surface area (Å²) in [6.07, 6.45) is 3.52. The topological polar surface area (TPSA) is 51.2 Å². The zero-order valence-electron chi connectivity index (χ0n) is 10.8. The molecule has 2 atom stereocenters. The van der Waals surface area contributed by atoms with Crippen LogP contribution in [0, 0.1) is 0 Å². The number of nitrogens with one attached hydrogen (secondary N) is 1. The molecule has 5 heteroatoms. The van der Waals surface area contributed by atoms with Crippen LogP contribution < -0.4 is 10.1 Å². The largest absolute Gasteiger partial charge is 0.487 e. The third-order valence-electron chi connectivity index (χ3n) is 2.26. The zero-order chi connectivity index (χ0) is 12.8. The standard InChI is InChI=1S/C12H20N2O2S/c1-9(2)16-11-6-5-7-13-12(11)14-8-10(3)17(4)15/h5-7,9-10H,8H2,1-4H3,(H,13,14). The maximum absolute atomic E-state index is 11.2. The molecular formula is C12H20N2O2S. The van der Waals surface area contributed by atoms with Crippen molar-refractivity contribution in [2.75, 3.05) is 18.1 Å². The average Bonchev–Trinajstić information content (AvgIpc) is 2.26. The lowest BCUT2D eigenvalue weighted by atomic mass is 10.4. The first kappa shape index (κ1) is 14.0. The highest BCUT2D eigenvalue weighted by atomic mass is 32.2. The molecule has 0 bridgehead atoms. The third-order valence-corrected chi connectivity index (χ3v) is 3.56. The number of nitrogens with zero attached hydrogens (tertiary/aromatic N) is 1. The van der Waals surface area contributed by atoms with E-state index in [0.29, 0.717) is 12.4 Å². The van der Waals surface area contributed by atoms with Crippen LogP contribution in [0.4, 0.5) is 5.82 Å². The SMILES string of the molecule is CC(C)Oc1cccnc1NCC(C)S(C)=O. The van der Waals surface area contributed by atoms with Crippen LogP contribution in [0.15, 0.2) is 18.3 Å². The first-order valence-corrected chi connectivity index (χ1v) is 7.30. The number of aromatic nitrogens is 1. The Morgan fingerprint density at radius 3 is 2.76 bits per heavy atom. The maximum atomic E-state index is 11.2. The van der Waals surface area contributed by atoms with Gasteiger partial charge in [0.25, 0.3) is 0 Å². The summed E-state index contributed by atoms with van der Waals surface area (Å²) in [4.78, 5) is 4.23. The second-order valence-corrected chi connectivity index (χ2v) is 6.01. The Morgan fingerprint density at radius 2 is 2.18 bits per heavy atom. The Bertz CT molecular complexity index is 383. The monoisotopic (exact) mass is 256 g/mol. The predicted octanol–water partition coefficient (Wildman–Crippen LogP) is 2.05. The fourth-order valence-corrected chi connectivity index (χ4v) is 1.55. The number of pyridine rings is 1. The molecule has 0 spiro atoms. The van der Waals surface area contributed by atoms with Gasteiger partial charge < -0.3 is 10.1 Å². The van der Waals surface area contributed by atoms with Crippen molar-refractivity contribution in [2.45, 2.75) is 32.1 Å². The van der Waals surface area contributed by atoms with Gasteiger partial charge in [-0.05, 0) is 32.9 Å². The highest BCUT2D eigenvalue weighted by Gasteiger charge is 2.09. The second-order valence-electron chi connectivity index (χ2n) is 4.21. The summed E-state index contributed by atoms with van der Waals surface area (Å²) in [5.74, 6) is 1.44. The Labute approximate surface area is 105 Å². The zero-order valence-corrected chi connectivity index (χ0v) is 11.6. The van der Waals surface area contributed by atoms with Crippen molar-refractivity contribution in [2.24, 2.45) is 0 Å². The van der Waals surface area contributed by atoms with Crippen LogP contribution in [0.3, 0.4) is 0 Å². The minimum Gasteiger partial charge on any atom is -0.487 e. The molecule has 0 fully saturated rings. The van der Waals surface area contributed by atoms with Crippen LogP contribution >= 0.6 is 0 Å². The van der Waals surface area contributed by atoms with Gasteiger partial charge in [0.05, 0.1) is 6.10 Å². The Balaban J connectivity index is 2.66. The smallest absolute Gasteiger partial charge is 0.168 e. The van der Waals surface area contributed by atoms with Gasteiger partial charge in [-0.25, -0.2) is 4.98 Å². The Hall–Kier alpha value is -1.10. The van der Waals surface area contributed by atoms with Crippen LogP contribution in [0.1, 0.15) is 20.8 Å². The lowest BCUT2D eigenvalue weighted by Crippen LogP contribution is -2.21. The molecule has 0 aliphatic carbocycles. The van der Waals surface area contributed by atoms with Gasteiger partial charge in [-0.2, -0.15) is 0 Å². The van der Waals surface area contributed by atoms with Gasteiger partial charge in [0.15, 0.2) is 11.6 Å². The summed E-state index contributed by atoms with van der Waals surface area (Å²) in [7, 11) is -0.832. The highest BCUT2D eigenvalue weighted by Crippen LogP contribution is 2.22. The summed E-state index contributed by atoms with van der Waals surface area (Å²) >= 11 is 0. The van der Waals surface area contributed by atoms with E-state index in [9.17, 15) is 4.21 Å². The molecule has 0 saturated heterocycles. The molecule has 4 nitrogen and oxygen atoms in total. The van der Waals surface area contributed by atoms with Crippen LogP contribution in [0.2, 0.25) is 0 Å². The molecule has 0 amide bonds. The normalized spacial score (nSPS) is 14.4. The van der Waals surface area contributed by atoms with Crippen molar-refractivity contribution in [3.63, 3.8) is 0 Å². The fraction of sp³-hybridized carbons (Fsp3) is 0.583. The van der Waals surface area contributed by atoms with E-state index in [1.54, 1.807) is 12.5 Å². The molecule has 2 unspecified atom stereocenters. The average molecular weight is 256 g/mol. The van der Waals surface area contributed by atoms with Gasteiger partial charge in [-0.1, -0.05) is 0 Å². The summed E-state index contributed by atoms with van der Waals surface area (Å²) in [5.41, 5.74) is 0. The molecule has 0 radical (unpaired) electrons. The van der Waals surface area contributed by atoms with Crippen LogP contribution in [-0.4, -0.2) is 33.3 Å². The van der Waals surface area contributed by atoms with Gasteiger partial charge in [0.2, 0.25) is 0 Å². The first-order valence-electron chi connectivity index (χ1n) is 5.68. The van der Waals surface area contributed by atoms with Crippen LogP contribution in [0.5, 0.6) is 5.75 Å². The van der Waals surface area contributed by atoms with E-state index in [2.05, 4.69) is 10.3 Å². The molecule has 0 aliphatic rings. The second kappa shape index (κ2) is 6.59. The molecule has 17 heavy (non-hydrogen) atoms. The number of hydrogen-bond donors (Lipinski definition) is 1. The molecule has 1 heterocycles. The van der Waals surface area contributed by atoms with Crippen molar-refractivity contribution in [1.82, 2.24) is 4.98 Å². The van der Waals surface area contributed by atoms with Gasteiger partial charge in [0.1, 0.15) is 0 Å². The van der Waals surface area contributed by atoms with E-state index < -0.39 is 10.8 Å². The summed E-state index contributed by atoms with van der Waals surface area (Å²) < 4.78 is 16.9. The molecule has 0 aliphatic heterocycles. The molecule has 1 aromatic heterocycles. The molecule has 0 saturated carbocycles. The quantitative estimate of drug-likeness (QED) is 0.846. The summed E-state index contributed by atoms with van der Waals surface area (Å²) in [6.45, 7) is 6.50. The van der Waals surface area contributed by atoms with Crippen molar-refractivity contribution >= 4 is 16.6 Å². The Morgan fingerprint density at radius 1 is 1.47 bits per heavy atom. The van der Waals surface area contributed by atoms with E-state index in [1.807, 2.05) is 32.9 Å². The van der Waals surface area contributed by atoms with Gasteiger partial charge in [0, 0.05) is 35.0 Å². The lowest BCUT2D eigenvalue weighted by molar-refractivity contribution is 0.243. The van der Waals surface area contributed by atoms with Crippen LogP contribution in [0.25, 0.3) is 0 Å². The van der Waals surface area contributed by atoms with E-state index in [0.717, 1.165) is 5.75 Å². The number of ether oxygens (including phenoxy) is 1. The minimum absolute atomic E-state index is 0.0870. The van der Waals surface area contributed by atoms with Crippen molar-refractivity contribution in [1.29, 1.82) is 0 Å². The van der Waals surface area contributed by atoms with Crippen LogP contribution in [-0.2, 0) is 10.8 Å². The van der Waals surface area contributed by atoms with E-state index in [4.69, 9.17) is 4.74 Å². The first-order chi connectivity index (χ1) is 8.00. The number of rotatable bonds is 6. The summed E-state index contributed by atoms with van der Waals surface area (Å²) in [6, 6.07) is 3.72. The van der Waals surface area contributed by atoms with Crippen molar-refractivity contribution < 1.29 is 8.95 Å². The third kappa shape index (κ3) is 4.73.